The van der Waals surface area contributed by atoms with E-state index in [0.717, 1.165) is 16.5 Å². The smallest absolute Gasteiger partial charge is 0.362 e. The molecular weight excluding hydrogens is 398 g/mol. The molecule has 0 saturated carbocycles. The third-order valence-electron chi connectivity index (χ3n) is 4.49. The van der Waals surface area contributed by atoms with Crippen LogP contribution in [0.4, 0.5) is 11.4 Å². The van der Waals surface area contributed by atoms with Crippen LogP contribution in [0.3, 0.4) is 0 Å². The fraction of sp³-hybridized carbons (Fsp3) is 0.0435. The van der Waals surface area contributed by atoms with E-state index in [0.29, 0.717) is 28.5 Å². The van der Waals surface area contributed by atoms with Gasteiger partial charge in [-0.05, 0) is 54.1 Å². The zero-order valence-corrected chi connectivity index (χ0v) is 16.6. The van der Waals surface area contributed by atoms with Crippen LogP contribution in [0.15, 0.2) is 95.3 Å². The molecule has 6 nitrogen and oxygen atoms in total. The van der Waals surface area contributed by atoms with Crippen molar-refractivity contribution in [3.05, 3.63) is 101 Å². The number of rotatable bonds is 5. The second kappa shape index (κ2) is 9.09. The maximum atomic E-state index is 12.5. The van der Waals surface area contributed by atoms with Gasteiger partial charge in [0.25, 0.3) is 0 Å². The van der Waals surface area contributed by atoms with Crippen molar-refractivity contribution >= 4 is 39.8 Å². The molecule has 30 heavy (non-hydrogen) atoms. The van der Waals surface area contributed by atoms with E-state index in [9.17, 15) is 4.79 Å². The van der Waals surface area contributed by atoms with Gasteiger partial charge in [-0.25, -0.2) is 0 Å². The van der Waals surface area contributed by atoms with Crippen molar-refractivity contribution in [2.75, 3.05) is 5.32 Å². The standard InChI is InChI=1S/C23H16ClN5O/c24-17-9-11-18(12-10-17)27-29-28-23(30)20-6-2-4-8-22(20)26-15-16-13-14-25-21-7-3-1-5-19(16)21/h1-14H,15H2/p+1. The van der Waals surface area contributed by atoms with Gasteiger partial charge in [0.05, 0.1) is 11.1 Å². The summed E-state index contributed by atoms with van der Waals surface area (Å²) >= 11 is 5.84. The number of hydrogen-bond donors (Lipinski definition) is 1. The molecule has 0 aliphatic heterocycles. The highest BCUT2D eigenvalue weighted by molar-refractivity contribution is 6.30. The second-order valence-corrected chi connectivity index (χ2v) is 6.89. The van der Waals surface area contributed by atoms with Crippen molar-refractivity contribution in [1.29, 1.82) is 0 Å². The molecule has 0 aliphatic rings. The molecule has 0 bridgehead atoms. The van der Waals surface area contributed by atoms with Crippen molar-refractivity contribution < 1.29 is 4.79 Å². The number of halogens is 1. The van der Waals surface area contributed by atoms with E-state index in [1.807, 2.05) is 42.5 Å². The van der Waals surface area contributed by atoms with E-state index in [1.165, 1.54) is 0 Å². The van der Waals surface area contributed by atoms with E-state index in [-0.39, 0.29) is 0 Å². The largest absolute Gasteiger partial charge is 0.380 e. The fourth-order valence-electron chi connectivity index (χ4n) is 3.00. The Balaban J connectivity index is 1.52. The minimum Gasteiger partial charge on any atom is -0.380 e. The molecule has 1 heterocycles. The topological polar surface area (TPSA) is 80.8 Å². The Kier molecular flexibility index (Phi) is 5.90. The normalized spacial score (nSPS) is 10.3. The van der Waals surface area contributed by atoms with Crippen LogP contribution in [0.2, 0.25) is 5.02 Å². The minimum atomic E-state index is -0.476. The molecule has 4 rings (SSSR count). The molecule has 0 saturated heterocycles. The number of aromatic nitrogens is 1. The quantitative estimate of drug-likeness (QED) is 0.324. The molecule has 0 spiro atoms. The average molecular weight is 415 g/mol. The summed E-state index contributed by atoms with van der Waals surface area (Å²) < 4.78 is 0. The predicted molar refractivity (Wildman–Crippen MR) is 118 cm³/mol. The Labute approximate surface area is 178 Å². The number of amides is 1. The Morgan fingerprint density at radius 3 is 2.60 bits per heavy atom. The number of nitrogens with zero attached hydrogens (tertiary/aromatic N) is 4. The zero-order chi connectivity index (χ0) is 20.8. The number of carbonyl (C=O) groups is 1. The second-order valence-electron chi connectivity index (χ2n) is 6.46. The van der Waals surface area contributed by atoms with Gasteiger partial charge in [0.2, 0.25) is 10.0 Å². The summed E-state index contributed by atoms with van der Waals surface area (Å²) in [6, 6.07) is 23.9. The Hall–Kier alpha value is -3.86. The van der Waals surface area contributed by atoms with Gasteiger partial charge in [0, 0.05) is 28.8 Å². The molecule has 1 aromatic heterocycles. The molecule has 1 N–H and O–H groups in total. The zero-order valence-electron chi connectivity index (χ0n) is 15.9. The van der Waals surface area contributed by atoms with Gasteiger partial charge in [-0.15, -0.1) is 0 Å². The van der Waals surface area contributed by atoms with Gasteiger partial charge in [0.15, 0.2) is 10.8 Å². The molecule has 0 radical (unpaired) electrons. The number of hydrogen-bond acceptors (Lipinski definition) is 4. The lowest BCUT2D eigenvalue weighted by atomic mass is 10.1. The summed E-state index contributed by atoms with van der Waals surface area (Å²) in [4.78, 5) is 20.6. The first-order valence-electron chi connectivity index (χ1n) is 9.28. The Bertz CT molecular complexity index is 1260. The van der Waals surface area contributed by atoms with Crippen LogP contribution in [-0.4, -0.2) is 10.9 Å². The van der Waals surface area contributed by atoms with Crippen LogP contribution < -0.4 is 10.2 Å². The van der Waals surface area contributed by atoms with E-state index in [1.54, 1.807) is 42.6 Å². The number of para-hydroxylation sites is 2. The number of carbonyl (C=O) groups excluding carboxylic acids is 1. The number of pyridine rings is 1. The summed E-state index contributed by atoms with van der Waals surface area (Å²) in [5, 5.41) is 12.6. The van der Waals surface area contributed by atoms with Crippen molar-refractivity contribution in [3.8, 4) is 0 Å². The molecule has 1 amide bonds. The maximum absolute atomic E-state index is 12.5. The van der Waals surface area contributed by atoms with Gasteiger partial charge < -0.3 is 5.32 Å². The summed E-state index contributed by atoms with van der Waals surface area (Å²) in [7, 11) is 0. The van der Waals surface area contributed by atoms with E-state index in [2.05, 4.69) is 25.4 Å². The highest BCUT2D eigenvalue weighted by Gasteiger charge is 2.15. The molecule has 0 fully saturated rings. The van der Waals surface area contributed by atoms with Crippen molar-refractivity contribution in [3.63, 3.8) is 0 Å². The van der Waals surface area contributed by atoms with E-state index in [4.69, 9.17) is 11.6 Å². The number of anilines is 1. The predicted octanol–water partition coefficient (Wildman–Crippen LogP) is 5.94. The highest BCUT2D eigenvalue weighted by atomic mass is 35.5. The van der Waals surface area contributed by atoms with Gasteiger partial charge in [-0.3, -0.25) is 9.78 Å². The van der Waals surface area contributed by atoms with Gasteiger partial charge in [-0.2, -0.15) is 0 Å². The lowest BCUT2D eigenvalue weighted by Crippen LogP contribution is -2.06. The van der Waals surface area contributed by atoms with E-state index >= 15 is 0 Å². The minimum absolute atomic E-state index is 0.422. The summed E-state index contributed by atoms with van der Waals surface area (Å²) in [6.07, 6.45) is 1.78. The van der Waals surface area contributed by atoms with Crippen LogP contribution in [0.1, 0.15) is 15.9 Å². The molecule has 4 aromatic rings. The first-order chi connectivity index (χ1) is 14.7. The summed E-state index contributed by atoms with van der Waals surface area (Å²) in [6.45, 7) is 0.541. The van der Waals surface area contributed by atoms with Crippen molar-refractivity contribution in [2.24, 2.45) is 10.2 Å². The first-order valence-corrected chi connectivity index (χ1v) is 9.66. The molecule has 3 aromatic carbocycles. The van der Waals surface area contributed by atoms with Crippen molar-refractivity contribution in [1.82, 2.24) is 9.90 Å². The molecule has 0 unspecified atom stereocenters. The van der Waals surface area contributed by atoms with Crippen LogP contribution in [0.25, 0.3) is 10.9 Å². The molecule has 0 atom stereocenters. The van der Waals surface area contributed by atoms with E-state index < -0.39 is 5.91 Å². The van der Waals surface area contributed by atoms with Crippen LogP contribution in [0, 0.1) is 0 Å². The van der Waals surface area contributed by atoms with Crippen LogP contribution in [0.5, 0.6) is 0 Å². The number of nitrogens with one attached hydrogen (secondary N) is 1. The van der Waals surface area contributed by atoms with Crippen molar-refractivity contribution in [2.45, 2.75) is 6.54 Å². The van der Waals surface area contributed by atoms with Crippen LogP contribution in [-0.2, 0) is 6.54 Å². The SMILES string of the molecule is O=C(N=[N+]=Nc1ccc(Cl)cc1)c1ccccc1NCc1ccnc2ccccc12. The molecule has 7 heteroatoms. The summed E-state index contributed by atoms with van der Waals surface area (Å²) in [5.74, 6) is -0.476. The number of benzene rings is 3. The lowest BCUT2D eigenvalue weighted by molar-refractivity contribution is 0.0993. The number of fused-ring (bicyclic) bond motifs is 1. The molecule has 0 aliphatic carbocycles. The Morgan fingerprint density at radius 1 is 0.967 bits per heavy atom. The van der Waals surface area contributed by atoms with Gasteiger partial charge in [-0.1, -0.05) is 41.9 Å². The van der Waals surface area contributed by atoms with Crippen LogP contribution >= 0.6 is 11.6 Å². The highest BCUT2D eigenvalue weighted by Crippen LogP contribution is 2.21. The average Bonchev–Trinajstić information content (AvgIpc) is 2.79. The van der Waals surface area contributed by atoms with Gasteiger partial charge >= 0.3 is 5.91 Å². The fourth-order valence-corrected chi connectivity index (χ4v) is 3.13. The molecular formula is C23H17ClN5O+. The Morgan fingerprint density at radius 2 is 1.73 bits per heavy atom. The third-order valence-corrected chi connectivity index (χ3v) is 4.74. The van der Waals surface area contributed by atoms with Gasteiger partial charge in [0.1, 0.15) is 0 Å². The maximum Gasteiger partial charge on any atom is 0.362 e. The lowest BCUT2D eigenvalue weighted by Gasteiger charge is -2.10. The summed E-state index contributed by atoms with van der Waals surface area (Å²) in [5.41, 5.74) is 3.67. The third kappa shape index (κ3) is 4.58. The monoisotopic (exact) mass is 414 g/mol. The first kappa shape index (κ1) is 19.5. The molecule has 146 valence electrons.